The number of nitrogens with one attached hydrogen (secondary N) is 2. The fourth-order valence-corrected chi connectivity index (χ4v) is 2.95. The van der Waals surface area contributed by atoms with Crippen molar-refractivity contribution in [2.45, 2.75) is 71.4 Å². The van der Waals surface area contributed by atoms with Crippen LogP contribution in [0.4, 0.5) is 4.79 Å². The predicted octanol–water partition coefficient (Wildman–Crippen LogP) is 2.75. The zero-order valence-corrected chi connectivity index (χ0v) is 12.8. The van der Waals surface area contributed by atoms with Gasteiger partial charge in [-0.3, -0.25) is 4.79 Å². The van der Waals surface area contributed by atoms with E-state index in [-0.39, 0.29) is 24.5 Å². The van der Waals surface area contributed by atoms with Crippen molar-refractivity contribution in [3.05, 3.63) is 0 Å². The number of hydrogen-bond acceptors (Lipinski definition) is 2. The molecule has 0 heterocycles. The first kappa shape index (κ1) is 16.8. The molecule has 5 heteroatoms. The molecule has 1 aliphatic carbocycles. The second kappa shape index (κ2) is 8.12. The summed E-state index contributed by atoms with van der Waals surface area (Å²) in [5, 5.41) is 14.5. The van der Waals surface area contributed by atoms with Crippen molar-refractivity contribution in [3.8, 4) is 0 Å². The maximum Gasteiger partial charge on any atom is 0.315 e. The van der Waals surface area contributed by atoms with Crippen LogP contribution >= 0.6 is 0 Å². The van der Waals surface area contributed by atoms with Crippen LogP contribution in [0, 0.1) is 11.8 Å². The monoisotopic (exact) mass is 284 g/mol. The molecule has 20 heavy (non-hydrogen) atoms. The van der Waals surface area contributed by atoms with Crippen LogP contribution in [0.15, 0.2) is 0 Å². The van der Waals surface area contributed by atoms with E-state index in [0.29, 0.717) is 18.8 Å². The molecule has 0 radical (unpaired) electrons. The summed E-state index contributed by atoms with van der Waals surface area (Å²) >= 11 is 0. The van der Waals surface area contributed by atoms with Crippen molar-refractivity contribution in [2.24, 2.45) is 11.8 Å². The lowest BCUT2D eigenvalue weighted by Gasteiger charge is -2.33. The summed E-state index contributed by atoms with van der Waals surface area (Å²) < 4.78 is 0. The van der Waals surface area contributed by atoms with Gasteiger partial charge < -0.3 is 15.7 Å². The Labute approximate surface area is 121 Å². The standard InChI is InChI=1S/C15H28N2O3/c1-10-7-8-13(11(2)9-10)17-15(20)16-12(3)5-4-6-14(18)19/h10-13H,4-9H2,1-3H3,(H,18,19)(H2,16,17,20). The van der Waals surface area contributed by atoms with E-state index in [4.69, 9.17) is 5.11 Å². The molecule has 0 bridgehead atoms. The summed E-state index contributed by atoms with van der Waals surface area (Å²) in [6, 6.07) is 0.142. The van der Waals surface area contributed by atoms with Gasteiger partial charge in [-0.25, -0.2) is 4.79 Å². The Kier molecular flexibility index (Phi) is 6.82. The molecule has 0 aromatic heterocycles. The van der Waals surface area contributed by atoms with Crippen molar-refractivity contribution < 1.29 is 14.7 Å². The van der Waals surface area contributed by atoms with Crippen LogP contribution in [0.25, 0.3) is 0 Å². The minimum absolute atomic E-state index is 0.00664. The summed E-state index contributed by atoms with van der Waals surface area (Å²) in [4.78, 5) is 22.3. The number of urea groups is 1. The summed E-state index contributed by atoms with van der Waals surface area (Å²) in [5.41, 5.74) is 0. The van der Waals surface area contributed by atoms with Crippen molar-refractivity contribution in [2.75, 3.05) is 0 Å². The van der Waals surface area contributed by atoms with Gasteiger partial charge >= 0.3 is 12.0 Å². The highest BCUT2D eigenvalue weighted by Crippen LogP contribution is 2.28. The molecule has 2 amide bonds. The lowest BCUT2D eigenvalue weighted by atomic mass is 9.80. The van der Waals surface area contributed by atoms with E-state index in [0.717, 1.165) is 12.3 Å². The number of rotatable bonds is 6. The topological polar surface area (TPSA) is 78.4 Å². The maximum absolute atomic E-state index is 11.9. The van der Waals surface area contributed by atoms with Crippen LogP contribution < -0.4 is 10.6 Å². The van der Waals surface area contributed by atoms with Gasteiger partial charge in [-0.15, -0.1) is 0 Å². The first-order valence-electron chi connectivity index (χ1n) is 7.67. The molecule has 1 aliphatic rings. The molecule has 0 aromatic carbocycles. The van der Waals surface area contributed by atoms with Crippen LogP contribution in [0.2, 0.25) is 0 Å². The van der Waals surface area contributed by atoms with Gasteiger partial charge in [0.25, 0.3) is 0 Å². The van der Waals surface area contributed by atoms with Crippen LogP contribution in [0.1, 0.15) is 59.3 Å². The van der Waals surface area contributed by atoms with E-state index in [1.165, 1.54) is 12.8 Å². The van der Waals surface area contributed by atoms with Gasteiger partial charge in [-0.2, -0.15) is 0 Å². The average molecular weight is 284 g/mol. The van der Waals surface area contributed by atoms with Gasteiger partial charge in [0.2, 0.25) is 0 Å². The molecule has 3 N–H and O–H groups in total. The van der Waals surface area contributed by atoms with Gasteiger partial charge in [0.05, 0.1) is 0 Å². The van der Waals surface area contributed by atoms with E-state index >= 15 is 0 Å². The predicted molar refractivity (Wildman–Crippen MR) is 78.6 cm³/mol. The molecule has 0 aliphatic heterocycles. The average Bonchev–Trinajstić information content (AvgIpc) is 2.32. The van der Waals surface area contributed by atoms with Crippen LogP contribution in [0.5, 0.6) is 0 Å². The van der Waals surface area contributed by atoms with Crippen molar-refractivity contribution >= 4 is 12.0 Å². The molecule has 1 saturated carbocycles. The Bertz CT molecular complexity index is 333. The summed E-state index contributed by atoms with van der Waals surface area (Å²) in [5.74, 6) is 0.486. The smallest absolute Gasteiger partial charge is 0.315 e. The quantitative estimate of drug-likeness (QED) is 0.701. The maximum atomic E-state index is 11.9. The molecule has 4 atom stereocenters. The van der Waals surface area contributed by atoms with E-state index in [1.807, 2.05) is 6.92 Å². The normalized spacial score (nSPS) is 27.6. The van der Waals surface area contributed by atoms with Crippen LogP contribution in [-0.2, 0) is 4.79 Å². The highest BCUT2D eigenvalue weighted by atomic mass is 16.4. The Hall–Kier alpha value is -1.26. The Balaban J connectivity index is 2.23. The second-order valence-electron chi connectivity index (χ2n) is 6.31. The molecule has 0 aromatic rings. The third kappa shape index (κ3) is 6.26. The van der Waals surface area contributed by atoms with E-state index in [1.54, 1.807) is 0 Å². The van der Waals surface area contributed by atoms with Crippen LogP contribution in [-0.4, -0.2) is 29.2 Å². The molecule has 0 saturated heterocycles. The van der Waals surface area contributed by atoms with E-state index in [9.17, 15) is 9.59 Å². The third-order valence-corrected chi connectivity index (χ3v) is 4.15. The highest BCUT2D eigenvalue weighted by Gasteiger charge is 2.26. The molecule has 5 nitrogen and oxygen atoms in total. The summed E-state index contributed by atoms with van der Waals surface area (Å²) in [6.07, 6.45) is 4.82. The fourth-order valence-electron chi connectivity index (χ4n) is 2.95. The van der Waals surface area contributed by atoms with Crippen LogP contribution in [0.3, 0.4) is 0 Å². The van der Waals surface area contributed by atoms with E-state index in [2.05, 4.69) is 24.5 Å². The molecule has 0 spiro atoms. The molecule has 116 valence electrons. The molecule has 4 unspecified atom stereocenters. The van der Waals surface area contributed by atoms with Gasteiger partial charge in [0.1, 0.15) is 0 Å². The minimum atomic E-state index is -0.785. The third-order valence-electron chi connectivity index (χ3n) is 4.15. The number of carbonyl (C=O) groups is 2. The zero-order chi connectivity index (χ0) is 15.1. The number of carboxylic acids is 1. The number of carboxylic acid groups (broad SMARTS) is 1. The SMILES string of the molecule is CC1CCC(NC(=O)NC(C)CCCC(=O)O)C(C)C1. The van der Waals surface area contributed by atoms with Crippen molar-refractivity contribution in [3.63, 3.8) is 0 Å². The Morgan fingerprint density at radius 3 is 2.60 bits per heavy atom. The highest BCUT2D eigenvalue weighted by molar-refractivity contribution is 5.74. The number of amides is 2. The van der Waals surface area contributed by atoms with Gasteiger partial charge in [0, 0.05) is 18.5 Å². The van der Waals surface area contributed by atoms with Crippen molar-refractivity contribution in [1.29, 1.82) is 0 Å². The van der Waals surface area contributed by atoms with Crippen molar-refractivity contribution in [1.82, 2.24) is 10.6 Å². The summed E-state index contributed by atoms with van der Waals surface area (Å²) in [6.45, 7) is 6.36. The Morgan fingerprint density at radius 2 is 2.00 bits per heavy atom. The van der Waals surface area contributed by atoms with Gasteiger partial charge in [0.15, 0.2) is 0 Å². The largest absolute Gasteiger partial charge is 0.481 e. The van der Waals surface area contributed by atoms with Gasteiger partial charge in [-0.1, -0.05) is 13.8 Å². The first-order valence-corrected chi connectivity index (χ1v) is 7.67. The second-order valence-corrected chi connectivity index (χ2v) is 6.31. The summed E-state index contributed by atoms with van der Waals surface area (Å²) in [7, 11) is 0. The lowest BCUT2D eigenvalue weighted by Crippen LogP contribution is -2.49. The lowest BCUT2D eigenvalue weighted by molar-refractivity contribution is -0.137. The first-order chi connectivity index (χ1) is 9.38. The molecule has 1 fully saturated rings. The van der Waals surface area contributed by atoms with Gasteiger partial charge in [-0.05, 0) is 50.9 Å². The molecule has 1 rings (SSSR count). The minimum Gasteiger partial charge on any atom is -0.481 e. The Morgan fingerprint density at radius 1 is 1.30 bits per heavy atom. The fraction of sp³-hybridized carbons (Fsp3) is 0.867. The molecular formula is C15H28N2O3. The number of hydrogen-bond donors (Lipinski definition) is 3. The number of carbonyl (C=O) groups excluding carboxylic acids is 1. The van der Waals surface area contributed by atoms with E-state index < -0.39 is 5.97 Å². The molecular weight excluding hydrogens is 256 g/mol. The number of aliphatic carboxylic acids is 1. The zero-order valence-electron chi connectivity index (χ0n) is 12.8.